The molecule has 0 bridgehead atoms. The minimum Gasteiger partial charge on any atom is -0.507 e. The lowest BCUT2D eigenvalue weighted by atomic mass is 9.91. The van der Waals surface area contributed by atoms with Gasteiger partial charge in [-0.2, -0.15) is 0 Å². The molecule has 0 unspecified atom stereocenters. The molecule has 0 atom stereocenters. The van der Waals surface area contributed by atoms with E-state index < -0.39 is 0 Å². The van der Waals surface area contributed by atoms with Crippen molar-refractivity contribution in [3.05, 3.63) is 47.5 Å². The van der Waals surface area contributed by atoms with E-state index in [9.17, 15) is 10.2 Å². The molecule has 2 aromatic carbocycles. The van der Waals surface area contributed by atoms with Gasteiger partial charge in [0.2, 0.25) is 0 Å². The predicted octanol–water partition coefficient (Wildman–Crippen LogP) is 4.03. The van der Waals surface area contributed by atoms with Gasteiger partial charge in [-0.1, -0.05) is 38.1 Å². The summed E-state index contributed by atoms with van der Waals surface area (Å²) in [6.45, 7) is 5.02. The number of phenolic OH excluding ortho intramolecular Hbond substituents is 1. The number of hydrogen-bond donors (Lipinski definition) is 3. The third-order valence-electron chi connectivity index (χ3n) is 4.44. The highest BCUT2D eigenvalue weighted by Gasteiger charge is 2.22. The zero-order valence-electron chi connectivity index (χ0n) is 14.3. The first-order valence-corrected chi connectivity index (χ1v) is 8.03. The van der Waals surface area contributed by atoms with Gasteiger partial charge in [0.15, 0.2) is 0 Å². The minimum atomic E-state index is -0.123. The summed E-state index contributed by atoms with van der Waals surface area (Å²) in [7, 11) is 1.57. The number of aliphatic hydroxyl groups is 1. The maximum Gasteiger partial charge on any atom is 0.130 e. The fourth-order valence-electron chi connectivity index (χ4n) is 3.07. The lowest BCUT2D eigenvalue weighted by Gasteiger charge is -2.20. The van der Waals surface area contributed by atoms with Crippen LogP contribution in [0.4, 0.5) is 5.69 Å². The first kappa shape index (κ1) is 16.4. The molecular formula is C20H23NO3. The molecular weight excluding hydrogens is 302 g/mol. The smallest absolute Gasteiger partial charge is 0.130 e. The van der Waals surface area contributed by atoms with Crippen LogP contribution in [0.5, 0.6) is 11.5 Å². The van der Waals surface area contributed by atoms with Crippen LogP contribution in [0.25, 0.3) is 17.2 Å². The summed E-state index contributed by atoms with van der Waals surface area (Å²) in [5, 5.41) is 23.8. The standard InChI is InChI=1S/C20H23NO3/c1-20(2)10-9-13-15(11-22)14(7-8-16(13)21-12-20)19-17(23)5-4-6-18(19)24-3/h4-10,21-23H,11-12H2,1-3H3. The maximum absolute atomic E-state index is 10.3. The van der Waals surface area contributed by atoms with Gasteiger partial charge in [0.05, 0.1) is 19.3 Å². The summed E-state index contributed by atoms with van der Waals surface area (Å²) in [6, 6.07) is 9.08. The van der Waals surface area contributed by atoms with Crippen molar-refractivity contribution in [2.45, 2.75) is 20.5 Å². The lowest BCUT2D eigenvalue weighted by Crippen LogP contribution is -2.19. The molecule has 0 aliphatic carbocycles. The molecule has 0 saturated heterocycles. The molecule has 0 saturated carbocycles. The third-order valence-corrected chi connectivity index (χ3v) is 4.44. The predicted molar refractivity (Wildman–Crippen MR) is 97.3 cm³/mol. The second-order valence-corrected chi connectivity index (χ2v) is 6.74. The van der Waals surface area contributed by atoms with Crippen molar-refractivity contribution in [1.29, 1.82) is 0 Å². The van der Waals surface area contributed by atoms with E-state index in [1.165, 1.54) is 0 Å². The summed E-state index contributed by atoms with van der Waals surface area (Å²) in [6.07, 6.45) is 4.20. The quantitative estimate of drug-likeness (QED) is 0.797. The number of nitrogens with one attached hydrogen (secondary N) is 1. The molecule has 1 aliphatic rings. The van der Waals surface area contributed by atoms with Gasteiger partial charge in [0.25, 0.3) is 0 Å². The Morgan fingerprint density at radius 2 is 2.00 bits per heavy atom. The first-order chi connectivity index (χ1) is 11.5. The molecule has 0 fully saturated rings. The molecule has 0 amide bonds. The molecule has 1 aliphatic heterocycles. The van der Waals surface area contributed by atoms with Crippen molar-refractivity contribution < 1.29 is 14.9 Å². The summed E-state index contributed by atoms with van der Waals surface area (Å²) in [4.78, 5) is 0. The Hall–Kier alpha value is -2.46. The molecule has 4 nitrogen and oxygen atoms in total. The number of benzene rings is 2. The van der Waals surface area contributed by atoms with Gasteiger partial charge in [0, 0.05) is 23.2 Å². The lowest BCUT2D eigenvalue weighted by molar-refractivity contribution is 0.282. The van der Waals surface area contributed by atoms with Crippen molar-refractivity contribution in [2.24, 2.45) is 5.41 Å². The van der Waals surface area contributed by atoms with E-state index in [0.29, 0.717) is 11.3 Å². The molecule has 3 rings (SSSR count). The summed E-state index contributed by atoms with van der Waals surface area (Å²) < 4.78 is 5.41. The number of aromatic hydroxyl groups is 1. The number of hydrogen-bond acceptors (Lipinski definition) is 4. The van der Waals surface area contributed by atoms with Crippen LogP contribution in [0, 0.1) is 5.41 Å². The second-order valence-electron chi connectivity index (χ2n) is 6.74. The zero-order chi connectivity index (χ0) is 17.3. The van der Waals surface area contributed by atoms with Gasteiger partial charge >= 0.3 is 0 Å². The van der Waals surface area contributed by atoms with Gasteiger partial charge in [0.1, 0.15) is 11.5 Å². The van der Waals surface area contributed by atoms with Crippen molar-refractivity contribution in [1.82, 2.24) is 0 Å². The van der Waals surface area contributed by atoms with Crippen LogP contribution in [0.15, 0.2) is 36.4 Å². The normalized spacial score (nSPS) is 15.3. The molecule has 3 N–H and O–H groups in total. The Morgan fingerprint density at radius 1 is 1.21 bits per heavy atom. The first-order valence-electron chi connectivity index (χ1n) is 8.03. The number of anilines is 1. The summed E-state index contributed by atoms with van der Waals surface area (Å²) in [5.41, 5.74) is 4.11. The number of rotatable bonds is 3. The summed E-state index contributed by atoms with van der Waals surface area (Å²) in [5.74, 6) is 0.713. The van der Waals surface area contributed by atoms with Crippen molar-refractivity contribution >= 4 is 11.8 Å². The van der Waals surface area contributed by atoms with Crippen LogP contribution < -0.4 is 10.1 Å². The molecule has 0 radical (unpaired) electrons. The molecule has 24 heavy (non-hydrogen) atoms. The van der Waals surface area contributed by atoms with E-state index in [1.54, 1.807) is 25.3 Å². The average molecular weight is 325 g/mol. The Labute approximate surface area is 142 Å². The highest BCUT2D eigenvalue weighted by Crippen LogP contribution is 2.42. The van der Waals surface area contributed by atoms with Crippen LogP contribution in [-0.4, -0.2) is 23.9 Å². The van der Waals surface area contributed by atoms with Crippen LogP contribution in [-0.2, 0) is 6.61 Å². The average Bonchev–Trinajstić information content (AvgIpc) is 2.72. The van der Waals surface area contributed by atoms with E-state index in [4.69, 9.17) is 4.74 Å². The van der Waals surface area contributed by atoms with Crippen molar-refractivity contribution in [2.75, 3.05) is 19.0 Å². The Bertz CT molecular complexity index is 794. The van der Waals surface area contributed by atoms with Crippen LogP contribution in [0.1, 0.15) is 25.0 Å². The Kier molecular flexibility index (Phi) is 4.24. The third kappa shape index (κ3) is 2.85. The van der Waals surface area contributed by atoms with Crippen molar-refractivity contribution in [3.63, 3.8) is 0 Å². The second kappa shape index (κ2) is 6.21. The monoisotopic (exact) mass is 325 g/mol. The number of phenols is 1. The largest absolute Gasteiger partial charge is 0.507 e. The zero-order valence-corrected chi connectivity index (χ0v) is 14.3. The maximum atomic E-state index is 10.3. The fraction of sp³-hybridized carbons (Fsp3) is 0.300. The van der Waals surface area contributed by atoms with Gasteiger partial charge < -0.3 is 20.3 Å². The highest BCUT2D eigenvalue weighted by atomic mass is 16.5. The van der Waals surface area contributed by atoms with Crippen LogP contribution in [0.3, 0.4) is 0 Å². The van der Waals surface area contributed by atoms with Gasteiger partial charge in [-0.05, 0) is 29.3 Å². The number of ether oxygens (including phenoxy) is 1. The highest BCUT2D eigenvalue weighted by molar-refractivity contribution is 5.85. The molecule has 126 valence electrons. The molecule has 4 heteroatoms. The van der Waals surface area contributed by atoms with Gasteiger partial charge in [-0.15, -0.1) is 0 Å². The van der Waals surface area contributed by atoms with E-state index in [1.807, 2.05) is 12.1 Å². The number of methoxy groups -OCH3 is 1. The number of aliphatic hydroxyl groups excluding tert-OH is 1. The van der Waals surface area contributed by atoms with Crippen molar-refractivity contribution in [3.8, 4) is 22.6 Å². The SMILES string of the molecule is COc1cccc(O)c1-c1ccc2c(c1CO)C=CC(C)(C)CN2. The van der Waals surface area contributed by atoms with E-state index in [-0.39, 0.29) is 17.8 Å². The van der Waals surface area contributed by atoms with E-state index in [2.05, 4.69) is 31.3 Å². The van der Waals surface area contributed by atoms with Gasteiger partial charge in [-0.25, -0.2) is 0 Å². The fourth-order valence-corrected chi connectivity index (χ4v) is 3.07. The van der Waals surface area contributed by atoms with Crippen LogP contribution >= 0.6 is 0 Å². The van der Waals surface area contributed by atoms with E-state index >= 15 is 0 Å². The Morgan fingerprint density at radius 3 is 2.71 bits per heavy atom. The molecule has 2 aromatic rings. The topological polar surface area (TPSA) is 61.7 Å². The van der Waals surface area contributed by atoms with Gasteiger partial charge in [-0.3, -0.25) is 0 Å². The summed E-state index contributed by atoms with van der Waals surface area (Å²) >= 11 is 0. The molecule has 1 heterocycles. The molecule has 0 aromatic heterocycles. The van der Waals surface area contributed by atoms with Crippen LogP contribution in [0.2, 0.25) is 0 Å². The Balaban J connectivity index is 2.24. The minimum absolute atomic E-state index is 0.0263. The van der Waals surface area contributed by atoms with E-state index in [0.717, 1.165) is 28.9 Å². The number of fused-ring (bicyclic) bond motifs is 1. The molecule has 0 spiro atoms.